The minimum absolute atomic E-state index is 0.0343. The van der Waals surface area contributed by atoms with Crippen LogP contribution in [0.5, 0.6) is 0 Å². The number of hydrogen-bond acceptors (Lipinski definition) is 3. The van der Waals surface area contributed by atoms with Crippen LogP contribution in [-0.4, -0.2) is 10.9 Å². The van der Waals surface area contributed by atoms with Gasteiger partial charge in [-0.2, -0.15) is 13.2 Å². The molecule has 1 fully saturated rings. The molecule has 3 rings (SSSR count). The van der Waals surface area contributed by atoms with E-state index in [0.717, 1.165) is 30.7 Å². The molecule has 0 aliphatic heterocycles. The largest absolute Gasteiger partial charge is 0.416 e. The van der Waals surface area contributed by atoms with Gasteiger partial charge in [-0.3, -0.25) is 10.1 Å². The van der Waals surface area contributed by atoms with Crippen LogP contribution in [0.4, 0.5) is 18.3 Å². The van der Waals surface area contributed by atoms with Crippen molar-refractivity contribution in [2.45, 2.75) is 24.9 Å². The topological polar surface area (TPSA) is 42.0 Å². The van der Waals surface area contributed by atoms with Gasteiger partial charge in [0.2, 0.25) is 0 Å². The summed E-state index contributed by atoms with van der Waals surface area (Å²) in [6.07, 6.45) is -2.26. The number of carbonyl (C=O) groups is 1. The summed E-state index contributed by atoms with van der Waals surface area (Å²) in [5.74, 6) is -0.113. The molecule has 0 bridgehead atoms. The molecule has 1 aliphatic carbocycles. The van der Waals surface area contributed by atoms with Gasteiger partial charge in [-0.25, -0.2) is 4.98 Å². The summed E-state index contributed by atoms with van der Waals surface area (Å²) in [4.78, 5) is 16.2. The molecule has 1 N–H and O–H groups in total. The third-order valence-corrected chi connectivity index (χ3v) is 3.97. The first-order valence-corrected chi connectivity index (χ1v) is 7.25. The normalized spacial score (nSPS) is 15.0. The molecule has 3 nitrogen and oxygen atoms in total. The summed E-state index contributed by atoms with van der Waals surface area (Å²) < 4.78 is 37.8. The molecule has 0 atom stereocenters. The maximum atomic E-state index is 12.6. The minimum Gasteiger partial charge on any atom is -0.298 e. The lowest BCUT2D eigenvalue weighted by Crippen LogP contribution is -2.13. The number of amides is 1. The Hall–Kier alpha value is -1.89. The Bertz CT molecular complexity index is 677. The fraction of sp³-hybridized carbons (Fsp3) is 0.286. The number of nitrogens with one attached hydrogen (secondary N) is 1. The van der Waals surface area contributed by atoms with Crippen LogP contribution in [0, 0.1) is 0 Å². The van der Waals surface area contributed by atoms with Crippen molar-refractivity contribution >= 4 is 22.4 Å². The second-order valence-corrected chi connectivity index (χ2v) is 5.74. The Morgan fingerprint density at radius 3 is 2.76 bits per heavy atom. The molecule has 2 aromatic rings. The number of anilines is 1. The molecule has 1 heterocycles. The monoisotopic (exact) mass is 312 g/mol. The zero-order valence-corrected chi connectivity index (χ0v) is 11.6. The summed E-state index contributed by atoms with van der Waals surface area (Å²) in [6, 6.07) is 4.34. The number of alkyl halides is 3. The van der Waals surface area contributed by atoms with Gasteiger partial charge in [0.15, 0.2) is 5.13 Å². The van der Waals surface area contributed by atoms with Crippen LogP contribution >= 0.6 is 11.3 Å². The molecule has 1 aromatic heterocycles. The lowest BCUT2D eigenvalue weighted by molar-refractivity contribution is -0.137. The smallest absolute Gasteiger partial charge is 0.298 e. The standard InChI is InChI=1S/C14H11F3N2OS/c15-14(16,17)10-3-1-2-9(6-10)12(20)19-13-18-11(7-21-13)8-4-5-8/h1-3,6-8H,4-5H2,(H,18,19,20). The Morgan fingerprint density at radius 1 is 1.33 bits per heavy atom. The third kappa shape index (κ3) is 3.24. The Labute approximate surface area is 122 Å². The summed E-state index contributed by atoms with van der Waals surface area (Å²) in [7, 11) is 0. The van der Waals surface area contributed by atoms with E-state index in [-0.39, 0.29) is 5.56 Å². The second kappa shape index (κ2) is 5.14. The molecule has 1 saturated carbocycles. The van der Waals surface area contributed by atoms with Crippen LogP contribution in [0.2, 0.25) is 0 Å². The molecular weight excluding hydrogens is 301 g/mol. The first-order valence-electron chi connectivity index (χ1n) is 6.37. The number of rotatable bonds is 3. The van der Waals surface area contributed by atoms with E-state index in [1.165, 1.54) is 23.5 Å². The van der Waals surface area contributed by atoms with Gasteiger partial charge >= 0.3 is 6.18 Å². The van der Waals surface area contributed by atoms with E-state index in [4.69, 9.17) is 0 Å². The minimum atomic E-state index is -4.46. The predicted molar refractivity (Wildman–Crippen MR) is 73.5 cm³/mol. The SMILES string of the molecule is O=C(Nc1nc(C2CC2)cs1)c1cccc(C(F)(F)F)c1. The summed E-state index contributed by atoms with van der Waals surface area (Å²) in [5.41, 5.74) is 0.0697. The van der Waals surface area contributed by atoms with Gasteiger partial charge < -0.3 is 0 Å². The molecule has 7 heteroatoms. The van der Waals surface area contributed by atoms with E-state index in [1.807, 2.05) is 5.38 Å². The van der Waals surface area contributed by atoms with E-state index in [0.29, 0.717) is 11.0 Å². The maximum absolute atomic E-state index is 12.6. The lowest BCUT2D eigenvalue weighted by atomic mass is 10.1. The molecule has 0 unspecified atom stereocenters. The first kappa shape index (κ1) is 14.1. The van der Waals surface area contributed by atoms with Gasteiger partial charge in [0, 0.05) is 16.9 Å². The highest BCUT2D eigenvalue weighted by molar-refractivity contribution is 7.14. The molecular formula is C14H11F3N2OS. The fourth-order valence-electron chi connectivity index (χ4n) is 1.92. The molecule has 1 amide bonds. The van der Waals surface area contributed by atoms with Gasteiger partial charge in [-0.15, -0.1) is 11.3 Å². The van der Waals surface area contributed by atoms with Crippen molar-refractivity contribution in [1.82, 2.24) is 4.98 Å². The third-order valence-electron chi connectivity index (χ3n) is 3.19. The Kier molecular flexibility index (Phi) is 3.44. The number of aromatic nitrogens is 1. The molecule has 1 aliphatic rings. The highest BCUT2D eigenvalue weighted by atomic mass is 32.1. The van der Waals surface area contributed by atoms with Crippen molar-refractivity contribution in [3.8, 4) is 0 Å². The Morgan fingerprint density at radius 2 is 2.10 bits per heavy atom. The van der Waals surface area contributed by atoms with Crippen molar-refractivity contribution in [3.63, 3.8) is 0 Å². The van der Waals surface area contributed by atoms with Gasteiger partial charge in [0.05, 0.1) is 11.3 Å². The van der Waals surface area contributed by atoms with Crippen LogP contribution in [0.25, 0.3) is 0 Å². The number of halogens is 3. The van der Waals surface area contributed by atoms with Crippen molar-refractivity contribution in [1.29, 1.82) is 0 Å². The molecule has 21 heavy (non-hydrogen) atoms. The molecule has 0 radical (unpaired) electrons. The van der Waals surface area contributed by atoms with Crippen molar-refractivity contribution in [3.05, 3.63) is 46.5 Å². The summed E-state index contributed by atoms with van der Waals surface area (Å²) in [5, 5.41) is 4.83. The average Bonchev–Trinajstić information content (AvgIpc) is 3.19. The molecule has 110 valence electrons. The van der Waals surface area contributed by atoms with Gasteiger partial charge in [0.25, 0.3) is 5.91 Å². The lowest BCUT2D eigenvalue weighted by Gasteiger charge is -2.08. The summed E-state index contributed by atoms with van der Waals surface area (Å²) >= 11 is 1.29. The van der Waals surface area contributed by atoms with Crippen molar-refractivity contribution in [2.24, 2.45) is 0 Å². The van der Waals surface area contributed by atoms with Gasteiger partial charge in [-0.05, 0) is 31.0 Å². The van der Waals surface area contributed by atoms with E-state index in [2.05, 4.69) is 10.3 Å². The number of carbonyl (C=O) groups excluding carboxylic acids is 1. The second-order valence-electron chi connectivity index (χ2n) is 4.88. The van der Waals surface area contributed by atoms with Crippen molar-refractivity contribution in [2.75, 3.05) is 5.32 Å². The molecule has 0 saturated heterocycles. The molecule has 1 aromatic carbocycles. The van der Waals surface area contributed by atoms with E-state index in [9.17, 15) is 18.0 Å². The van der Waals surface area contributed by atoms with E-state index >= 15 is 0 Å². The van der Waals surface area contributed by atoms with E-state index in [1.54, 1.807) is 0 Å². The maximum Gasteiger partial charge on any atom is 0.416 e. The number of hydrogen-bond donors (Lipinski definition) is 1. The zero-order valence-electron chi connectivity index (χ0n) is 10.8. The van der Waals surface area contributed by atoms with E-state index < -0.39 is 17.6 Å². The van der Waals surface area contributed by atoms with Gasteiger partial charge in [0.1, 0.15) is 0 Å². The molecule has 0 spiro atoms. The highest BCUT2D eigenvalue weighted by Crippen LogP contribution is 2.40. The average molecular weight is 312 g/mol. The first-order chi connectivity index (χ1) is 9.93. The highest BCUT2D eigenvalue weighted by Gasteiger charge is 2.31. The summed E-state index contributed by atoms with van der Waals surface area (Å²) in [6.45, 7) is 0. The fourth-order valence-corrected chi connectivity index (χ4v) is 2.70. The number of thiazole rings is 1. The van der Waals surface area contributed by atoms with Crippen molar-refractivity contribution < 1.29 is 18.0 Å². The van der Waals surface area contributed by atoms with Crippen LogP contribution in [0.1, 0.15) is 40.4 Å². The van der Waals surface area contributed by atoms with Crippen LogP contribution in [0.15, 0.2) is 29.6 Å². The van der Waals surface area contributed by atoms with Crippen LogP contribution in [0.3, 0.4) is 0 Å². The van der Waals surface area contributed by atoms with Gasteiger partial charge in [-0.1, -0.05) is 6.07 Å². The Balaban J connectivity index is 1.75. The van der Waals surface area contributed by atoms with Crippen LogP contribution < -0.4 is 5.32 Å². The number of benzene rings is 1. The predicted octanol–water partition coefficient (Wildman–Crippen LogP) is 4.29. The quantitative estimate of drug-likeness (QED) is 0.918. The number of nitrogens with zero attached hydrogens (tertiary/aromatic N) is 1. The van der Waals surface area contributed by atoms with Crippen LogP contribution in [-0.2, 0) is 6.18 Å². The zero-order chi connectivity index (χ0) is 15.0.